The lowest BCUT2D eigenvalue weighted by molar-refractivity contribution is 0.300. The van der Waals surface area contributed by atoms with Crippen LogP contribution in [0.2, 0.25) is 6.04 Å². The van der Waals surface area contributed by atoms with Crippen molar-refractivity contribution < 1.29 is 28.4 Å². The van der Waals surface area contributed by atoms with Crippen LogP contribution in [0.3, 0.4) is 0 Å². The van der Waals surface area contributed by atoms with Crippen molar-refractivity contribution in [2.75, 3.05) is 7.11 Å². The van der Waals surface area contributed by atoms with Gasteiger partial charge < -0.3 is 23.8 Å². The normalized spacial score (nSPS) is 21.9. The van der Waals surface area contributed by atoms with Crippen molar-refractivity contribution in [1.82, 2.24) is 0 Å². The quantitative estimate of drug-likeness (QED) is 0.214. The lowest BCUT2D eigenvalue weighted by atomic mass is 10.4. The van der Waals surface area contributed by atoms with Crippen LogP contribution in [-0.4, -0.2) is 60.1 Å². The molecule has 10 heteroatoms. The summed E-state index contributed by atoms with van der Waals surface area (Å²) in [4.78, 5) is 36.9. The third kappa shape index (κ3) is 3.88. The molecule has 0 rings (SSSR count). The number of hydrogen-bond acceptors (Lipinski definition) is 5. The van der Waals surface area contributed by atoms with Crippen LogP contribution >= 0.6 is 7.60 Å². The van der Waals surface area contributed by atoms with Crippen molar-refractivity contribution in [2.45, 2.75) is 23.3 Å². The first-order valence-corrected chi connectivity index (χ1v) is 10.6. The summed E-state index contributed by atoms with van der Waals surface area (Å²) in [6.07, 6.45) is 0.853. The van der Waals surface area contributed by atoms with Crippen LogP contribution in [0.15, 0.2) is 0 Å². The summed E-state index contributed by atoms with van der Waals surface area (Å²) in [7, 11) is -7.48. The Hall–Kier alpha value is 0.681. The molecule has 0 aromatic heterocycles. The molecule has 0 fully saturated rings. The van der Waals surface area contributed by atoms with Gasteiger partial charge in [-0.05, 0) is 12.5 Å². The molecule has 0 aliphatic rings. The molecule has 0 amide bonds. The Morgan fingerprint density at radius 2 is 1.87 bits per heavy atom. The van der Waals surface area contributed by atoms with E-state index in [1.165, 1.54) is 0 Å². The molecule has 6 nitrogen and oxygen atoms in total. The zero-order valence-electron chi connectivity index (χ0n) is 8.80. The fourth-order valence-electron chi connectivity index (χ4n) is 1.29. The van der Waals surface area contributed by atoms with Gasteiger partial charge in [-0.25, -0.2) is 0 Å². The molecule has 0 spiro atoms. The van der Waals surface area contributed by atoms with Gasteiger partial charge in [0, 0.05) is 7.11 Å². The van der Waals surface area contributed by atoms with Crippen molar-refractivity contribution in [2.24, 2.45) is 0 Å². The number of hydrogen-bond donors (Lipinski definition) is 4. The topological polar surface area (TPSA) is 107 Å². The standard InChI is InChI=1S/C5H19O6PSi3/c1-11-12(6,7)5(14-9,15-10)3-2-4-13-8/h8-10H,2-4,13-15H2,1H3,(H,6,7). The molecule has 0 aliphatic heterocycles. The van der Waals surface area contributed by atoms with E-state index in [2.05, 4.69) is 4.52 Å². The summed E-state index contributed by atoms with van der Waals surface area (Å²) in [5.41, 5.74) is 0. The maximum atomic E-state index is 11.7. The Morgan fingerprint density at radius 3 is 2.20 bits per heavy atom. The summed E-state index contributed by atoms with van der Waals surface area (Å²) < 4.78 is 15.0. The third-order valence-electron chi connectivity index (χ3n) is 2.49. The van der Waals surface area contributed by atoms with E-state index in [0.29, 0.717) is 12.5 Å². The second kappa shape index (κ2) is 7.09. The van der Waals surface area contributed by atoms with Crippen LogP contribution in [0.25, 0.3) is 0 Å². The molecule has 1 unspecified atom stereocenters. The van der Waals surface area contributed by atoms with Gasteiger partial charge in [0.2, 0.25) is 0 Å². The van der Waals surface area contributed by atoms with Gasteiger partial charge in [-0.3, -0.25) is 4.57 Å². The van der Waals surface area contributed by atoms with Crippen LogP contribution in [0.5, 0.6) is 0 Å². The second-order valence-corrected chi connectivity index (χ2v) is 12.5. The van der Waals surface area contributed by atoms with Gasteiger partial charge in [0.15, 0.2) is 29.3 Å². The van der Waals surface area contributed by atoms with E-state index < -0.39 is 41.3 Å². The van der Waals surface area contributed by atoms with Gasteiger partial charge in [-0.2, -0.15) is 0 Å². The minimum atomic E-state index is -3.90. The average Bonchev–Trinajstić information content (AvgIpc) is 2.24. The van der Waals surface area contributed by atoms with Gasteiger partial charge >= 0.3 is 7.60 Å². The molecule has 0 radical (unpaired) electrons. The average molecular weight is 290 g/mol. The SMILES string of the molecule is COP(=O)(O)C(CCC[SiH2]O)([SiH2]O)[SiH2]O. The Morgan fingerprint density at radius 1 is 1.33 bits per heavy atom. The molecule has 0 saturated carbocycles. The van der Waals surface area contributed by atoms with Crippen LogP contribution in [0, 0.1) is 0 Å². The van der Waals surface area contributed by atoms with Gasteiger partial charge in [0.25, 0.3) is 0 Å². The highest BCUT2D eigenvalue weighted by Crippen LogP contribution is 2.55. The van der Waals surface area contributed by atoms with Crippen molar-refractivity contribution in [1.29, 1.82) is 0 Å². The fraction of sp³-hybridized carbons (Fsp3) is 1.00. The first kappa shape index (κ1) is 15.7. The van der Waals surface area contributed by atoms with E-state index in [4.69, 9.17) is 4.80 Å². The molecule has 4 N–H and O–H groups in total. The van der Waals surface area contributed by atoms with E-state index in [1.807, 2.05) is 0 Å². The summed E-state index contributed by atoms with van der Waals surface area (Å²) in [6, 6.07) is 0.633. The van der Waals surface area contributed by atoms with Crippen molar-refractivity contribution >= 4 is 36.9 Å². The zero-order valence-corrected chi connectivity index (χ0v) is 13.9. The van der Waals surface area contributed by atoms with E-state index in [1.54, 1.807) is 0 Å². The molecular formula is C5H19O6PSi3. The third-order valence-corrected chi connectivity index (χ3v) is 11.7. The van der Waals surface area contributed by atoms with Crippen LogP contribution in [-0.2, 0) is 9.09 Å². The summed E-state index contributed by atoms with van der Waals surface area (Å²) in [6.45, 7) is 0. The molecule has 0 bridgehead atoms. The van der Waals surface area contributed by atoms with Gasteiger partial charge in [0.1, 0.15) is 0 Å². The summed E-state index contributed by atoms with van der Waals surface area (Å²) in [5, 5.41) is 0. The summed E-state index contributed by atoms with van der Waals surface area (Å²) in [5.74, 6) is 0. The van der Waals surface area contributed by atoms with Gasteiger partial charge in [-0.15, -0.1) is 0 Å². The zero-order chi connectivity index (χ0) is 11.9. The van der Waals surface area contributed by atoms with Crippen molar-refractivity contribution in [3.63, 3.8) is 0 Å². The predicted molar refractivity (Wildman–Crippen MR) is 65.9 cm³/mol. The van der Waals surface area contributed by atoms with Crippen molar-refractivity contribution in [3.8, 4) is 0 Å². The Kier molecular flexibility index (Phi) is 7.42. The minimum absolute atomic E-state index is 0.285. The van der Waals surface area contributed by atoms with Crippen LogP contribution in [0.4, 0.5) is 0 Å². The second-order valence-electron chi connectivity index (χ2n) is 3.42. The highest BCUT2D eigenvalue weighted by molar-refractivity contribution is 7.59. The van der Waals surface area contributed by atoms with E-state index in [-0.39, 0.29) is 6.42 Å². The molecule has 0 aliphatic carbocycles. The molecule has 0 aromatic rings. The Bertz CT molecular complexity index is 223. The molecule has 92 valence electrons. The summed E-state index contributed by atoms with van der Waals surface area (Å²) >= 11 is 0. The highest BCUT2D eigenvalue weighted by Gasteiger charge is 2.48. The van der Waals surface area contributed by atoms with Crippen molar-refractivity contribution in [3.05, 3.63) is 0 Å². The number of rotatable bonds is 8. The maximum absolute atomic E-state index is 11.7. The Balaban J connectivity index is 4.65. The molecule has 0 saturated heterocycles. The van der Waals surface area contributed by atoms with E-state index in [9.17, 15) is 19.0 Å². The van der Waals surface area contributed by atoms with E-state index >= 15 is 0 Å². The molecule has 0 heterocycles. The van der Waals surface area contributed by atoms with Crippen LogP contribution in [0.1, 0.15) is 12.8 Å². The molecule has 1 atom stereocenters. The van der Waals surface area contributed by atoms with Gasteiger partial charge in [0.05, 0.1) is 4.40 Å². The monoisotopic (exact) mass is 290 g/mol. The molecule has 15 heavy (non-hydrogen) atoms. The largest absolute Gasteiger partial charge is 0.438 e. The smallest absolute Gasteiger partial charge is 0.332 e. The Labute approximate surface area is 96.0 Å². The first-order chi connectivity index (χ1) is 6.99. The fourth-order valence-corrected chi connectivity index (χ4v) is 6.01. The first-order valence-electron chi connectivity index (χ1n) is 4.71. The maximum Gasteiger partial charge on any atom is 0.332 e. The minimum Gasteiger partial charge on any atom is -0.438 e. The lowest BCUT2D eigenvalue weighted by Crippen LogP contribution is -2.43. The molecule has 0 aromatic carbocycles. The predicted octanol–water partition coefficient (Wildman–Crippen LogP) is -3.10. The lowest BCUT2D eigenvalue weighted by Gasteiger charge is -2.31. The highest BCUT2D eigenvalue weighted by atomic mass is 31.2. The molecular weight excluding hydrogens is 271 g/mol. The van der Waals surface area contributed by atoms with E-state index in [0.717, 1.165) is 7.11 Å². The van der Waals surface area contributed by atoms with Crippen LogP contribution < -0.4 is 0 Å². The van der Waals surface area contributed by atoms with Gasteiger partial charge in [-0.1, -0.05) is 6.42 Å².